The Labute approximate surface area is 226 Å². The summed E-state index contributed by atoms with van der Waals surface area (Å²) in [5.74, 6) is 1.19. The maximum absolute atomic E-state index is 11.0. The minimum Gasteiger partial charge on any atom is -0.487 e. The zero-order valence-electron chi connectivity index (χ0n) is 21.5. The van der Waals surface area contributed by atoms with Crippen molar-refractivity contribution in [2.24, 2.45) is 5.16 Å². The summed E-state index contributed by atoms with van der Waals surface area (Å²) in [5.41, 5.74) is 4.11. The Bertz CT molecular complexity index is 1590. The molecule has 0 fully saturated rings. The third-order valence-corrected chi connectivity index (χ3v) is 6.25. The van der Waals surface area contributed by atoms with E-state index in [2.05, 4.69) is 10.1 Å². The molecule has 5 aromatic rings. The van der Waals surface area contributed by atoms with Crippen molar-refractivity contribution in [3.8, 4) is 17.2 Å². The molecule has 0 unspecified atom stereocenters. The van der Waals surface area contributed by atoms with Gasteiger partial charge in [-0.05, 0) is 59.2 Å². The van der Waals surface area contributed by atoms with Gasteiger partial charge >= 0.3 is 5.97 Å². The van der Waals surface area contributed by atoms with Crippen LogP contribution < -0.4 is 4.74 Å². The van der Waals surface area contributed by atoms with Crippen LogP contribution in [0.2, 0.25) is 0 Å². The molecule has 7 nitrogen and oxygen atoms in total. The first-order valence-corrected chi connectivity index (χ1v) is 12.7. The molecule has 0 aliphatic heterocycles. The van der Waals surface area contributed by atoms with E-state index in [0.29, 0.717) is 24.6 Å². The number of aryl methyl sites for hydroxylation is 1. The van der Waals surface area contributed by atoms with Crippen molar-refractivity contribution < 1.29 is 23.9 Å². The molecule has 0 saturated carbocycles. The van der Waals surface area contributed by atoms with Gasteiger partial charge in [-0.3, -0.25) is 4.79 Å². The number of hydrogen-bond donors (Lipinski definition) is 1. The second kappa shape index (κ2) is 12.1. The molecule has 0 spiro atoms. The summed E-state index contributed by atoms with van der Waals surface area (Å²) < 4.78 is 11.9. The van der Waals surface area contributed by atoms with Crippen molar-refractivity contribution in [1.82, 2.24) is 4.98 Å². The van der Waals surface area contributed by atoms with E-state index in [4.69, 9.17) is 19.1 Å². The largest absolute Gasteiger partial charge is 0.487 e. The maximum atomic E-state index is 11.0. The SMILES string of the molecule is Cc1oc(-c2ccccc2)nc1COc1ccc2cc(CO/N=C(\CCC(=O)O)c3ccccc3)ccc2c1. The van der Waals surface area contributed by atoms with Crippen LogP contribution in [0.4, 0.5) is 0 Å². The fourth-order valence-electron chi connectivity index (χ4n) is 4.15. The normalized spacial score (nSPS) is 11.5. The first-order valence-electron chi connectivity index (χ1n) is 12.7. The molecule has 0 saturated heterocycles. The second-order valence-electron chi connectivity index (χ2n) is 9.09. The van der Waals surface area contributed by atoms with Crippen LogP contribution in [-0.2, 0) is 22.8 Å². The first kappa shape index (κ1) is 25.7. The lowest BCUT2D eigenvalue weighted by molar-refractivity contribution is -0.136. The van der Waals surface area contributed by atoms with E-state index in [9.17, 15) is 4.79 Å². The number of ether oxygens (including phenoxy) is 1. The minimum absolute atomic E-state index is 0.0120. The van der Waals surface area contributed by atoms with Gasteiger partial charge in [0.05, 0.1) is 12.1 Å². The highest BCUT2D eigenvalue weighted by atomic mass is 16.6. The first-order chi connectivity index (χ1) is 19.0. The number of nitrogens with zero attached hydrogens (tertiary/aromatic N) is 2. The van der Waals surface area contributed by atoms with Gasteiger partial charge in [-0.2, -0.15) is 0 Å². The molecule has 196 valence electrons. The third-order valence-electron chi connectivity index (χ3n) is 6.25. The molecule has 0 aliphatic carbocycles. The third kappa shape index (κ3) is 6.70. The highest BCUT2D eigenvalue weighted by Gasteiger charge is 2.12. The summed E-state index contributed by atoms with van der Waals surface area (Å²) in [6, 6.07) is 31.2. The standard InChI is InChI=1S/C32H28N2O5/c1-22-30(33-32(39-22)25-10-6-3-7-11-25)21-37-28-15-14-26-18-23(12-13-27(26)19-28)20-38-34-29(16-17-31(35)36)24-8-4-2-5-9-24/h2-15,18-19H,16-17,20-21H2,1H3,(H,35,36)/b34-29+. The summed E-state index contributed by atoms with van der Waals surface area (Å²) in [6.07, 6.45) is 0.281. The number of aliphatic carboxylic acids is 1. The van der Waals surface area contributed by atoms with Gasteiger partial charge in [-0.1, -0.05) is 71.9 Å². The van der Waals surface area contributed by atoms with Crippen molar-refractivity contribution in [1.29, 1.82) is 0 Å². The fourth-order valence-corrected chi connectivity index (χ4v) is 4.15. The molecule has 7 heteroatoms. The minimum atomic E-state index is -0.871. The number of rotatable bonds is 11. The summed E-state index contributed by atoms with van der Waals surface area (Å²) in [6.45, 7) is 2.47. The molecule has 5 rings (SSSR count). The van der Waals surface area contributed by atoms with Gasteiger partial charge in [0, 0.05) is 12.0 Å². The summed E-state index contributed by atoms with van der Waals surface area (Å²) in [4.78, 5) is 21.3. The van der Waals surface area contributed by atoms with Crippen molar-refractivity contribution in [3.05, 3.63) is 120 Å². The lowest BCUT2D eigenvalue weighted by Gasteiger charge is -2.08. The average molecular weight is 521 g/mol. The predicted octanol–water partition coefficient (Wildman–Crippen LogP) is 7.17. The number of carbonyl (C=O) groups is 1. The number of carboxylic acids is 1. The molecule has 0 radical (unpaired) electrons. The van der Waals surface area contributed by atoms with Crippen LogP contribution in [0.5, 0.6) is 5.75 Å². The Hall–Kier alpha value is -4.91. The molecule has 1 heterocycles. The molecular formula is C32H28N2O5. The maximum Gasteiger partial charge on any atom is 0.303 e. The summed E-state index contributed by atoms with van der Waals surface area (Å²) >= 11 is 0. The molecule has 0 bridgehead atoms. The molecular weight excluding hydrogens is 492 g/mol. The van der Waals surface area contributed by atoms with Crippen LogP contribution in [0.3, 0.4) is 0 Å². The quantitative estimate of drug-likeness (QED) is 0.147. The molecule has 39 heavy (non-hydrogen) atoms. The van der Waals surface area contributed by atoms with Gasteiger partial charge in [-0.15, -0.1) is 0 Å². The van der Waals surface area contributed by atoms with E-state index in [1.165, 1.54) is 0 Å². The smallest absolute Gasteiger partial charge is 0.303 e. The van der Waals surface area contributed by atoms with Crippen molar-refractivity contribution in [2.45, 2.75) is 33.0 Å². The van der Waals surface area contributed by atoms with Gasteiger partial charge in [0.25, 0.3) is 0 Å². The van der Waals surface area contributed by atoms with Gasteiger partial charge in [0.1, 0.15) is 30.4 Å². The summed E-state index contributed by atoms with van der Waals surface area (Å²) in [7, 11) is 0. The number of oxime groups is 1. The van der Waals surface area contributed by atoms with Gasteiger partial charge < -0.3 is 19.1 Å². The van der Waals surface area contributed by atoms with Crippen LogP contribution in [0.15, 0.2) is 107 Å². The Morgan fingerprint density at radius 2 is 1.59 bits per heavy atom. The Morgan fingerprint density at radius 1 is 0.872 bits per heavy atom. The molecule has 1 N–H and O–H groups in total. The number of hydrogen-bond acceptors (Lipinski definition) is 6. The molecule has 0 atom stereocenters. The molecule has 1 aromatic heterocycles. The average Bonchev–Trinajstić information content (AvgIpc) is 3.34. The Morgan fingerprint density at radius 3 is 2.36 bits per heavy atom. The fraction of sp³-hybridized carbons (Fsp3) is 0.156. The molecule has 0 amide bonds. The number of oxazole rings is 1. The van der Waals surface area contributed by atoms with Crippen LogP contribution in [0.25, 0.3) is 22.2 Å². The Balaban J connectivity index is 1.22. The van der Waals surface area contributed by atoms with Gasteiger partial charge in [-0.25, -0.2) is 4.98 Å². The van der Waals surface area contributed by atoms with Crippen LogP contribution in [0.1, 0.15) is 35.4 Å². The Kier molecular flexibility index (Phi) is 7.98. The zero-order chi connectivity index (χ0) is 27.0. The lowest BCUT2D eigenvalue weighted by atomic mass is 10.1. The molecule has 4 aromatic carbocycles. The number of carboxylic acid groups (broad SMARTS) is 1. The topological polar surface area (TPSA) is 94.2 Å². The van der Waals surface area contributed by atoms with Crippen LogP contribution in [-0.4, -0.2) is 21.8 Å². The van der Waals surface area contributed by atoms with Crippen molar-refractivity contribution >= 4 is 22.5 Å². The van der Waals surface area contributed by atoms with E-state index < -0.39 is 5.97 Å². The number of fused-ring (bicyclic) bond motifs is 1. The number of benzene rings is 4. The van der Waals surface area contributed by atoms with E-state index in [1.807, 2.05) is 104 Å². The van der Waals surface area contributed by atoms with E-state index >= 15 is 0 Å². The second-order valence-corrected chi connectivity index (χ2v) is 9.09. The van der Waals surface area contributed by atoms with Crippen LogP contribution >= 0.6 is 0 Å². The predicted molar refractivity (Wildman–Crippen MR) is 150 cm³/mol. The van der Waals surface area contributed by atoms with Gasteiger partial charge in [0.15, 0.2) is 0 Å². The van der Waals surface area contributed by atoms with E-state index in [1.54, 1.807) is 0 Å². The highest BCUT2D eigenvalue weighted by Crippen LogP contribution is 2.25. The zero-order valence-corrected chi connectivity index (χ0v) is 21.5. The van der Waals surface area contributed by atoms with E-state index in [0.717, 1.165) is 44.7 Å². The monoisotopic (exact) mass is 520 g/mol. The van der Waals surface area contributed by atoms with Crippen molar-refractivity contribution in [2.75, 3.05) is 0 Å². The lowest BCUT2D eigenvalue weighted by Crippen LogP contribution is -2.06. The summed E-state index contributed by atoms with van der Waals surface area (Å²) in [5, 5.41) is 15.4. The molecule has 0 aliphatic rings. The highest BCUT2D eigenvalue weighted by molar-refractivity contribution is 6.01. The number of aromatic nitrogens is 1. The van der Waals surface area contributed by atoms with E-state index in [-0.39, 0.29) is 13.0 Å². The van der Waals surface area contributed by atoms with Crippen LogP contribution in [0, 0.1) is 6.92 Å². The van der Waals surface area contributed by atoms with Gasteiger partial charge in [0.2, 0.25) is 5.89 Å². The van der Waals surface area contributed by atoms with Crippen molar-refractivity contribution in [3.63, 3.8) is 0 Å².